The number of hydrogen-bond donors (Lipinski definition) is 0. The molecule has 0 radical (unpaired) electrons. The first-order valence-electron chi connectivity index (χ1n) is 3.69. The number of alkyl halides is 1. The fourth-order valence-electron chi connectivity index (χ4n) is 0.923. The number of rotatable bonds is 3. The van der Waals surface area contributed by atoms with E-state index in [1.165, 1.54) is 12.1 Å². The quantitative estimate of drug-likeness (QED) is 0.663. The second kappa shape index (κ2) is 4.31. The molecule has 1 rings (SSSR count). The Morgan fingerprint density at radius 2 is 2.25 bits per heavy atom. The van der Waals surface area contributed by atoms with Crippen LogP contribution in [0.1, 0.15) is 5.56 Å². The van der Waals surface area contributed by atoms with E-state index in [-0.39, 0.29) is 5.82 Å². The number of hydrogen-bond acceptors (Lipinski definition) is 1. The third-order valence-electron chi connectivity index (χ3n) is 1.47. The highest BCUT2D eigenvalue weighted by Gasteiger charge is 1.99. The highest BCUT2D eigenvalue weighted by atomic mass is 35.5. The molecule has 0 aromatic heterocycles. The Labute approximate surface area is 76.1 Å². The van der Waals surface area contributed by atoms with Gasteiger partial charge in [-0.2, -0.15) is 0 Å². The van der Waals surface area contributed by atoms with Crippen molar-refractivity contribution in [3.8, 4) is 5.75 Å². The van der Waals surface area contributed by atoms with E-state index in [2.05, 4.69) is 0 Å². The van der Waals surface area contributed by atoms with Gasteiger partial charge in [0.1, 0.15) is 18.2 Å². The van der Waals surface area contributed by atoms with Gasteiger partial charge in [0, 0.05) is 0 Å². The smallest absolute Gasteiger partial charge is 0.123 e. The summed E-state index contributed by atoms with van der Waals surface area (Å²) in [6, 6.07) is 4.41. The van der Waals surface area contributed by atoms with Crippen molar-refractivity contribution >= 4 is 11.6 Å². The number of aryl methyl sites for hydroxylation is 1. The lowest BCUT2D eigenvalue weighted by Crippen LogP contribution is -1.99. The van der Waals surface area contributed by atoms with E-state index in [0.29, 0.717) is 18.2 Å². The van der Waals surface area contributed by atoms with Crippen molar-refractivity contribution in [2.45, 2.75) is 6.92 Å². The van der Waals surface area contributed by atoms with E-state index in [1.54, 1.807) is 13.0 Å². The van der Waals surface area contributed by atoms with Crippen LogP contribution in [0.4, 0.5) is 4.39 Å². The third kappa shape index (κ3) is 2.38. The Morgan fingerprint density at radius 1 is 1.50 bits per heavy atom. The molecule has 0 heterocycles. The molecule has 0 amide bonds. The molecule has 12 heavy (non-hydrogen) atoms. The molecular formula is C9H10ClFO. The van der Waals surface area contributed by atoms with Crippen LogP contribution in [0.3, 0.4) is 0 Å². The molecule has 1 aromatic carbocycles. The van der Waals surface area contributed by atoms with E-state index in [9.17, 15) is 4.39 Å². The lowest BCUT2D eigenvalue weighted by molar-refractivity contribution is 0.339. The minimum atomic E-state index is -0.245. The molecule has 0 aliphatic rings. The van der Waals surface area contributed by atoms with Crippen molar-refractivity contribution in [3.63, 3.8) is 0 Å². The molecule has 1 nitrogen and oxygen atoms in total. The summed E-state index contributed by atoms with van der Waals surface area (Å²) in [5, 5.41) is 0. The monoisotopic (exact) mass is 188 g/mol. The molecule has 0 spiro atoms. The minimum absolute atomic E-state index is 0.245. The Kier molecular flexibility index (Phi) is 3.35. The van der Waals surface area contributed by atoms with Crippen LogP contribution in [0, 0.1) is 12.7 Å². The molecule has 0 fully saturated rings. The molecule has 0 aliphatic carbocycles. The van der Waals surface area contributed by atoms with Crippen LogP contribution in [-0.4, -0.2) is 12.5 Å². The zero-order chi connectivity index (χ0) is 8.97. The van der Waals surface area contributed by atoms with Crippen LogP contribution in [0.2, 0.25) is 0 Å². The Balaban J connectivity index is 2.72. The molecule has 0 unspecified atom stereocenters. The maximum absolute atomic E-state index is 12.6. The van der Waals surface area contributed by atoms with Gasteiger partial charge in [-0.1, -0.05) is 0 Å². The molecule has 1 aromatic rings. The fourth-order valence-corrected chi connectivity index (χ4v) is 1.00. The maximum atomic E-state index is 12.6. The van der Waals surface area contributed by atoms with E-state index < -0.39 is 0 Å². The zero-order valence-corrected chi connectivity index (χ0v) is 7.57. The Bertz CT molecular complexity index is 263. The molecule has 0 saturated heterocycles. The van der Waals surface area contributed by atoms with Crippen LogP contribution >= 0.6 is 11.6 Å². The Hall–Kier alpha value is -0.760. The molecule has 0 atom stereocenters. The van der Waals surface area contributed by atoms with Gasteiger partial charge < -0.3 is 4.74 Å². The van der Waals surface area contributed by atoms with Crippen molar-refractivity contribution in [2.75, 3.05) is 12.5 Å². The largest absolute Gasteiger partial charge is 0.492 e. The van der Waals surface area contributed by atoms with Crippen LogP contribution < -0.4 is 4.74 Å². The first-order valence-corrected chi connectivity index (χ1v) is 4.22. The number of ether oxygens (including phenoxy) is 1. The molecule has 0 saturated carbocycles. The third-order valence-corrected chi connectivity index (χ3v) is 1.63. The van der Waals surface area contributed by atoms with Crippen molar-refractivity contribution in [1.29, 1.82) is 0 Å². The molecule has 3 heteroatoms. The lowest BCUT2D eigenvalue weighted by Gasteiger charge is -2.06. The number of halogens is 2. The summed E-state index contributed by atoms with van der Waals surface area (Å²) >= 11 is 5.44. The fraction of sp³-hybridized carbons (Fsp3) is 0.333. The van der Waals surface area contributed by atoms with Crippen LogP contribution in [0.15, 0.2) is 18.2 Å². The molecule has 0 aliphatic heterocycles. The zero-order valence-electron chi connectivity index (χ0n) is 6.81. The van der Waals surface area contributed by atoms with Gasteiger partial charge >= 0.3 is 0 Å². The van der Waals surface area contributed by atoms with Crippen LogP contribution in [0.25, 0.3) is 0 Å². The van der Waals surface area contributed by atoms with Crippen molar-refractivity contribution in [2.24, 2.45) is 0 Å². The van der Waals surface area contributed by atoms with E-state index >= 15 is 0 Å². The van der Waals surface area contributed by atoms with Gasteiger partial charge in [-0.3, -0.25) is 0 Å². The van der Waals surface area contributed by atoms with Crippen molar-refractivity contribution < 1.29 is 9.13 Å². The van der Waals surface area contributed by atoms with Gasteiger partial charge in [-0.25, -0.2) is 4.39 Å². The predicted molar refractivity (Wildman–Crippen MR) is 47.4 cm³/mol. The molecule has 0 bridgehead atoms. The molecular weight excluding hydrogens is 179 g/mol. The normalized spacial score (nSPS) is 9.92. The van der Waals surface area contributed by atoms with Gasteiger partial charge in [-0.15, -0.1) is 11.6 Å². The summed E-state index contributed by atoms with van der Waals surface area (Å²) in [6.45, 7) is 2.25. The predicted octanol–water partition coefficient (Wildman–Crippen LogP) is 2.75. The first kappa shape index (κ1) is 9.33. The standard InChI is InChI=1S/C9H10ClFO/c1-7-6-8(11)2-3-9(7)12-5-4-10/h2-3,6H,4-5H2,1H3. The van der Waals surface area contributed by atoms with Gasteiger partial charge in [-0.05, 0) is 30.7 Å². The van der Waals surface area contributed by atoms with Gasteiger partial charge in [0.05, 0.1) is 5.88 Å². The topological polar surface area (TPSA) is 9.23 Å². The lowest BCUT2D eigenvalue weighted by atomic mass is 10.2. The van der Waals surface area contributed by atoms with Gasteiger partial charge in [0.15, 0.2) is 0 Å². The highest BCUT2D eigenvalue weighted by Crippen LogP contribution is 2.17. The summed E-state index contributed by atoms with van der Waals surface area (Å²) in [5.41, 5.74) is 0.792. The summed E-state index contributed by atoms with van der Waals surface area (Å²) < 4.78 is 17.8. The van der Waals surface area contributed by atoms with Crippen LogP contribution in [0.5, 0.6) is 5.75 Å². The first-order chi connectivity index (χ1) is 5.74. The maximum Gasteiger partial charge on any atom is 0.123 e. The average molecular weight is 189 g/mol. The van der Waals surface area contributed by atoms with E-state index in [1.807, 2.05) is 0 Å². The summed E-state index contributed by atoms with van der Waals surface area (Å²) in [4.78, 5) is 0. The summed E-state index contributed by atoms with van der Waals surface area (Å²) in [5.74, 6) is 0.888. The molecule has 0 N–H and O–H groups in total. The Morgan fingerprint density at radius 3 is 2.83 bits per heavy atom. The van der Waals surface area contributed by atoms with E-state index in [4.69, 9.17) is 16.3 Å². The SMILES string of the molecule is Cc1cc(F)ccc1OCCCl. The number of benzene rings is 1. The van der Waals surface area contributed by atoms with Crippen molar-refractivity contribution in [3.05, 3.63) is 29.6 Å². The second-order valence-electron chi connectivity index (χ2n) is 2.45. The highest BCUT2D eigenvalue weighted by molar-refractivity contribution is 6.17. The van der Waals surface area contributed by atoms with Crippen LogP contribution in [-0.2, 0) is 0 Å². The van der Waals surface area contributed by atoms with E-state index in [0.717, 1.165) is 5.56 Å². The summed E-state index contributed by atoms with van der Waals surface area (Å²) in [6.07, 6.45) is 0. The average Bonchev–Trinajstić information content (AvgIpc) is 2.03. The minimum Gasteiger partial charge on any atom is -0.492 e. The molecule has 66 valence electrons. The van der Waals surface area contributed by atoms with Gasteiger partial charge in [0.25, 0.3) is 0 Å². The van der Waals surface area contributed by atoms with Gasteiger partial charge in [0.2, 0.25) is 0 Å². The second-order valence-corrected chi connectivity index (χ2v) is 2.83. The summed E-state index contributed by atoms with van der Waals surface area (Å²) in [7, 11) is 0. The van der Waals surface area contributed by atoms with Crippen molar-refractivity contribution in [1.82, 2.24) is 0 Å².